The number of nitrogens with zero attached hydrogens (tertiary/aromatic N) is 3. The van der Waals surface area contributed by atoms with Gasteiger partial charge >= 0.3 is 6.03 Å². The lowest BCUT2D eigenvalue weighted by molar-refractivity contribution is -0.130. The first-order valence-electron chi connectivity index (χ1n) is 9.96. The highest BCUT2D eigenvalue weighted by atomic mass is 16.5. The van der Waals surface area contributed by atoms with E-state index in [9.17, 15) is 9.59 Å². The Balaban J connectivity index is 1.46. The molecule has 0 atom stereocenters. The zero-order valence-electron chi connectivity index (χ0n) is 16.2. The van der Waals surface area contributed by atoms with E-state index < -0.39 is 0 Å². The zero-order valence-corrected chi connectivity index (χ0v) is 16.2. The Morgan fingerprint density at radius 1 is 0.963 bits per heavy atom. The molecule has 2 saturated heterocycles. The monoisotopic (exact) mass is 374 g/mol. The first-order chi connectivity index (χ1) is 13.2. The number of likely N-dealkylation sites (tertiary alicyclic amines) is 1. The van der Waals surface area contributed by atoms with Crippen molar-refractivity contribution in [2.75, 3.05) is 57.3 Å². The van der Waals surface area contributed by atoms with E-state index in [4.69, 9.17) is 4.74 Å². The van der Waals surface area contributed by atoms with E-state index >= 15 is 0 Å². The Labute approximate surface area is 161 Å². The molecule has 148 valence electrons. The van der Waals surface area contributed by atoms with Crippen molar-refractivity contribution in [1.82, 2.24) is 15.1 Å². The second kappa shape index (κ2) is 9.48. The minimum atomic E-state index is -0.155. The number of hydrogen-bond acceptors (Lipinski definition) is 4. The Morgan fingerprint density at radius 3 is 2.37 bits per heavy atom. The van der Waals surface area contributed by atoms with E-state index in [-0.39, 0.29) is 18.5 Å². The summed E-state index contributed by atoms with van der Waals surface area (Å²) < 4.78 is 5.71. The molecule has 2 heterocycles. The van der Waals surface area contributed by atoms with Crippen LogP contribution < -0.4 is 15.0 Å². The number of anilines is 1. The van der Waals surface area contributed by atoms with Crippen LogP contribution in [-0.4, -0.2) is 74.2 Å². The third-order valence-corrected chi connectivity index (χ3v) is 5.17. The summed E-state index contributed by atoms with van der Waals surface area (Å²) in [5.74, 6) is 0.900. The lowest BCUT2D eigenvalue weighted by Crippen LogP contribution is -2.53. The number of piperazine rings is 1. The second-order valence-electron chi connectivity index (χ2n) is 6.97. The van der Waals surface area contributed by atoms with E-state index in [2.05, 4.69) is 16.3 Å². The van der Waals surface area contributed by atoms with Gasteiger partial charge in [-0.2, -0.15) is 0 Å². The molecule has 0 spiro atoms. The number of urea groups is 1. The molecule has 2 aliphatic rings. The molecule has 27 heavy (non-hydrogen) atoms. The summed E-state index contributed by atoms with van der Waals surface area (Å²) in [6, 6.07) is 7.85. The molecular formula is C20H30N4O3. The lowest BCUT2D eigenvalue weighted by Gasteiger charge is -2.36. The topological polar surface area (TPSA) is 65.1 Å². The smallest absolute Gasteiger partial charge is 0.317 e. The second-order valence-corrected chi connectivity index (χ2v) is 6.97. The van der Waals surface area contributed by atoms with Crippen molar-refractivity contribution in [2.24, 2.45) is 0 Å². The molecule has 0 saturated carbocycles. The van der Waals surface area contributed by atoms with Crippen LogP contribution in [0, 0.1) is 0 Å². The van der Waals surface area contributed by atoms with Gasteiger partial charge in [0.1, 0.15) is 5.75 Å². The highest BCUT2D eigenvalue weighted by Crippen LogP contribution is 2.28. The maximum Gasteiger partial charge on any atom is 0.317 e. The van der Waals surface area contributed by atoms with Gasteiger partial charge in [0.25, 0.3) is 0 Å². The fraction of sp³-hybridized carbons (Fsp3) is 0.600. The number of ether oxygens (including phenoxy) is 1. The van der Waals surface area contributed by atoms with Crippen LogP contribution in [0.1, 0.15) is 26.2 Å². The maximum atomic E-state index is 12.4. The minimum absolute atomic E-state index is 0.0207. The average molecular weight is 374 g/mol. The van der Waals surface area contributed by atoms with Gasteiger partial charge in [-0.25, -0.2) is 4.79 Å². The third-order valence-electron chi connectivity index (χ3n) is 5.17. The number of hydrogen-bond donors (Lipinski definition) is 1. The van der Waals surface area contributed by atoms with E-state index in [1.807, 2.05) is 30.0 Å². The van der Waals surface area contributed by atoms with E-state index in [1.165, 1.54) is 6.42 Å². The molecule has 2 fully saturated rings. The number of carbonyl (C=O) groups is 2. The standard InChI is InChI=1S/C20H30N4O3/c1-2-27-18-9-5-4-8-17(18)22-12-14-24(15-13-22)20(26)21-16-19(25)23-10-6-3-7-11-23/h4-5,8-9H,2-3,6-7,10-16H2,1H3,(H,21,26). The lowest BCUT2D eigenvalue weighted by atomic mass is 10.1. The summed E-state index contributed by atoms with van der Waals surface area (Å²) in [5, 5.41) is 2.79. The quantitative estimate of drug-likeness (QED) is 0.855. The van der Waals surface area contributed by atoms with Crippen molar-refractivity contribution in [3.63, 3.8) is 0 Å². The minimum Gasteiger partial charge on any atom is -0.492 e. The summed E-state index contributed by atoms with van der Waals surface area (Å²) >= 11 is 0. The van der Waals surface area contributed by atoms with Crippen LogP contribution in [0.2, 0.25) is 0 Å². The number of benzene rings is 1. The van der Waals surface area contributed by atoms with E-state index in [0.29, 0.717) is 19.7 Å². The first-order valence-corrected chi connectivity index (χ1v) is 9.96. The molecule has 1 N–H and O–H groups in total. The van der Waals surface area contributed by atoms with Crippen LogP contribution in [0.5, 0.6) is 5.75 Å². The van der Waals surface area contributed by atoms with Gasteiger partial charge in [0.15, 0.2) is 0 Å². The first kappa shape index (κ1) is 19.3. The van der Waals surface area contributed by atoms with Gasteiger partial charge in [0.05, 0.1) is 18.8 Å². The zero-order chi connectivity index (χ0) is 19.1. The molecule has 0 radical (unpaired) electrons. The van der Waals surface area contributed by atoms with E-state index in [1.54, 1.807) is 4.90 Å². The summed E-state index contributed by atoms with van der Waals surface area (Å²) in [6.07, 6.45) is 3.31. The van der Waals surface area contributed by atoms with Crippen molar-refractivity contribution in [3.8, 4) is 5.75 Å². The van der Waals surface area contributed by atoms with Crippen LogP contribution in [-0.2, 0) is 4.79 Å². The fourth-order valence-corrected chi connectivity index (χ4v) is 3.66. The molecule has 3 amide bonds. The van der Waals surface area contributed by atoms with Crippen molar-refractivity contribution in [2.45, 2.75) is 26.2 Å². The van der Waals surface area contributed by atoms with Gasteiger partial charge in [-0.1, -0.05) is 12.1 Å². The molecule has 1 aromatic carbocycles. The molecule has 1 aromatic rings. The number of carbonyl (C=O) groups excluding carboxylic acids is 2. The third kappa shape index (κ3) is 5.05. The van der Waals surface area contributed by atoms with Crippen LogP contribution in [0.15, 0.2) is 24.3 Å². The molecule has 0 aromatic heterocycles. The Kier molecular flexibility index (Phi) is 6.79. The van der Waals surface area contributed by atoms with Crippen molar-refractivity contribution < 1.29 is 14.3 Å². The SMILES string of the molecule is CCOc1ccccc1N1CCN(C(=O)NCC(=O)N2CCCCC2)CC1. The predicted molar refractivity (Wildman–Crippen MR) is 105 cm³/mol. The number of piperidine rings is 1. The fourth-order valence-electron chi connectivity index (χ4n) is 3.66. The van der Waals surface area contributed by atoms with Crippen LogP contribution >= 0.6 is 0 Å². The predicted octanol–water partition coefficient (Wildman–Crippen LogP) is 1.93. The van der Waals surface area contributed by atoms with Crippen LogP contribution in [0.3, 0.4) is 0 Å². The van der Waals surface area contributed by atoms with Gasteiger partial charge in [-0.3, -0.25) is 4.79 Å². The van der Waals surface area contributed by atoms with Gasteiger partial charge in [0, 0.05) is 39.3 Å². The largest absolute Gasteiger partial charge is 0.492 e. The van der Waals surface area contributed by atoms with Crippen molar-refractivity contribution in [1.29, 1.82) is 0 Å². The maximum absolute atomic E-state index is 12.4. The Bertz CT molecular complexity index is 638. The van der Waals surface area contributed by atoms with Crippen molar-refractivity contribution in [3.05, 3.63) is 24.3 Å². The van der Waals surface area contributed by atoms with Gasteiger partial charge in [-0.15, -0.1) is 0 Å². The summed E-state index contributed by atoms with van der Waals surface area (Å²) in [4.78, 5) is 30.5. The summed E-state index contributed by atoms with van der Waals surface area (Å²) in [7, 11) is 0. The van der Waals surface area contributed by atoms with Crippen molar-refractivity contribution >= 4 is 17.6 Å². The van der Waals surface area contributed by atoms with Gasteiger partial charge in [-0.05, 0) is 38.3 Å². The molecule has 7 nitrogen and oxygen atoms in total. The highest BCUT2D eigenvalue weighted by molar-refractivity contribution is 5.84. The normalized spacial score (nSPS) is 17.6. The van der Waals surface area contributed by atoms with Crippen LogP contribution in [0.25, 0.3) is 0 Å². The molecule has 7 heteroatoms. The van der Waals surface area contributed by atoms with Crippen LogP contribution in [0.4, 0.5) is 10.5 Å². The molecule has 2 aliphatic heterocycles. The number of para-hydroxylation sites is 2. The summed E-state index contributed by atoms with van der Waals surface area (Å²) in [5.41, 5.74) is 1.07. The molecule has 0 aliphatic carbocycles. The van der Waals surface area contributed by atoms with Gasteiger partial charge < -0.3 is 24.8 Å². The Hall–Kier alpha value is -2.44. The molecule has 0 unspecified atom stereocenters. The molecular weight excluding hydrogens is 344 g/mol. The molecule has 0 bridgehead atoms. The highest BCUT2D eigenvalue weighted by Gasteiger charge is 2.24. The number of nitrogens with one attached hydrogen (secondary N) is 1. The molecule has 3 rings (SSSR count). The number of amides is 3. The summed E-state index contributed by atoms with van der Waals surface area (Å²) in [6.45, 7) is 7.07. The number of rotatable bonds is 5. The van der Waals surface area contributed by atoms with E-state index in [0.717, 1.165) is 50.5 Å². The average Bonchev–Trinajstić information content (AvgIpc) is 2.73. The Morgan fingerprint density at radius 2 is 1.67 bits per heavy atom. The van der Waals surface area contributed by atoms with Gasteiger partial charge in [0.2, 0.25) is 5.91 Å².